The van der Waals surface area contributed by atoms with E-state index in [1.54, 1.807) is 12.3 Å². The predicted molar refractivity (Wildman–Crippen MR) is 192 cm³/mol. The number of halogens is 3. The molecule has 0 fully saturated rings. The first-order valence-corrected chi connectivity index (χ1v) is 19.7. The van der Waals surface area contributed by atoms with E-state index in [9.17, 15) is 13.2 Å². The molecule has 47 heavy (non-hydrogen) atoms. The highest BCUT2D eigenvalue weighted by Gasteiger charge is 2.60. The highest BCUT2D eigenvalue weighted by Crippen LogP contribution is 2.79. The number of hydrogen-bond acceptors (Lipinski definition) is 3. The van der Waals surface area contributed by atoms with Crippen molar-refractivity contribution in [2.75, 3.05) is 13.3 Å². The standard InChI is InChI=1S/C38H35F3N4P2/c1-28-25-26-42-34(27-28)35-43-37(38(39,40)41)44-45(35)29(2)36(46(3,30-17-9-5-10-18-30)31-19-11-6-12-20-31)47(4,32-21-13-7-14-22-32)33-23-15-8-16-24-33/h5-27H,1-4H3/q+2. The van der Waals surface area contributed by atoms with Crippen molar-refractivity contribution in [1.29, 1.82) is 0 Å². The third-order valence-corrected chi connectivity index (χ3v) is 18.6. The Kier molecular flexibility index (Phi) is 8.98. The van der Waals surface area contributed by atoms with E-state index < -0.39 is 26.5 Å². The van der Waals surface area contributed by atoms with Crippen LogP contribution in [0.25, 0.3) is 17.2 Å². The van der Waals surface area contributed by atoms with E-state index in [4.69, 9.17) is 0 Å². The summed E-state index contributed by atoms with van der Waals surface area (Å²) in [6.45, 7) is 8.35. The molecule has 0 spiro atoms. The van der Waals surface area contributed by atoms with Crippen LogP contribution in [0.4, 0.5) is 13.2 Å². The third kappa shape index (κ3) is 6.06. The number of aryl methyl sites for hydroxylation is 1. The summed E-state index contributed by atoms with van der Waals surface area (Å²) in [6, 6.07) is 44.9. The number of aromatic nitrogens is 4. The minimum atomic E-state index is -4.75. The summed E-state index contributed by atoms with van der Waals surface area (Å²) in [6.07, 6.45) is -3.16. The summed E-state index contributed by atoms with van der Waals surface area (Å²) in [4.78, 5) is 8.58. The van der Waals surface area contributed by atoms with Crippen molar-refractivity contribution in [3.8, 4) is 11.5 Å². The first-order chi connectivity index (χ1) is 22.5. The first-order valence-electron chi connectivity index (χ1n) is 15.2. The van der Waals surface area contributed by atoms with Gasteiger partial charge in [0.1, 0.15) is 47.1 Å². The van der Waals surface area contributed by atoms with Gasteiger partial charge in [-0.1, -0.05) is 72.8 Å². The summed E-state index contributed by atoms with van der Waals surface area (Å²) in [7, 11) is -5.14. The van der Waals surface area contributed by atoms with Crippen molar-refractivity contribution in [2.45, 2.75) is 20.0 Å². The highest BCUT2D eigenvalue weighted by atomic mass is 31.2. The van der Waals surface area contributed by atoms with Gasteiger partial charge in [-0.05, 0) is 80.1 Å². The number of pyridine rings is 1. The van der Waals surface area contributed by atoms with Crippen LogP contribution in [0.15, 0.2) is 145 Å². The normalized spacial score (nSPS) is 12.1. The molecular formula is C38H35F3N4P2+2. The third-order valence-electron chi connectivity index (χ3n) is 8.58. The molecule has 0 N–H and O–H groups in total. The molecule has 0 amide bonds. The quantitative estimate of drug-likeness (QED) is 0.153. The zero-order valence-electron chi connectivity index (χ0n) is 26.6. The van der Waals surface area contributed by atoms with Gasteiger partial charge in [-0.3, -0.25) is 4.98 Å². The summed E-state index contributed by atoms with van der Waals surface area (Å²) < 4.78 is 44.6. The molecule has 4 nitrogen and oxygen atoms in total. The molecule has 0 radical (unpaired) electrons. The monoisotopic (exact) mass is 666 g/mol. The number of hydrogen-bond donors (Lipinski definition) is 0. The summed E-state index contributed by atoms with van der Waals surface area (Å²) in [5.41, 5.74) is 1.79. The van der Waals surface area contributed by atoms with E-state index in [1.807, 2.05) is 92.7 Å². The van der Waals surface area contributed by atoms with Crippen LogP contribution in [0.1, 0.15) is 18.3 Å². The second-order valence-electron chi connectivity index (χ2n) is 11.7. The van der Waals surface area contributed by atoms with Gasteiger partial charge in [-0.15, -0.1) is 5.10 Å². The van der Waals surface area contributed by atoms with Crippen molar-refractivity contribution in [3.05, 3.63) is 156 Å². The summed E-state index contributed by atoms with van der Waals surface area (Å²) >= 11 is 0. The Hall–Kier alpha value is -4.44. The van der Waals surface area contributed by atoms with Crippen molar-refractivity contribution >= 4 is 41.4 Å². The fourth-order valence-electron chi connectivity index (χ4n) is 6.32. The maximum absolute atomic E-state index is 14.4. The molecule has 2 heterocycles. The molecule has 0 aliphatic carbocycles. The van der Waals surface area contributed by atoms with Crippen LogP contribution in [0, 0.1) is 6.92 Å². The van der Waals surface area contributed by atoms with E-state index in [-0.39, 0.29) is 5.82 Å². The molecule has 6 rings (SSSR count). The van der Waals surface area contributed by atoms with Crippen LogP contribution in [0.5, 0.6) is 0 Å². The number of allylic oxidation sites excluding steroid dienone is 1. The first kappa shape index (κ1) is 32.5. The van der Waals surface area contributed by atoms with Crippen LogP contribution in [0.3, 0.4) is 0 Å². The Morgan fingerprint density at radius 3 is 1.40 bits per heavy atom. The Morgan fingerprint density at radius 1 is 0.638 bits per heavy atom. The number of rotatable bonds is 8. The molecule has 0 aliphatic heterocycles. The Balaban J connectivity index is 1.83. The molecule has 9 heteroatoms. The average Bonchev–Trinajstić information content (AvgIpc) is 3.57. The van der Waals surface area contributed by atoms with E-state index in [1.165, 1.54) is 4.68 Å². The zero-order chi connectivity index (χ0) is 33.2. The molecule has 0 unspecified atom stereocenters. The lowest BCUT2D eigenvalue weighted by atomic mass is 10.2. The smallest absolute Gasteiger partial charge is 0.253 e. The molecule has 0 atom stereocenters. The second-order valence-corrected chi connectivity index (χ2v) is 19.0. The van der Waals surface area contributed by atoms with Gasteiger partial charge in [0.15, 0.2) is 5.82 Å². The lowest BCUT2D eigenvalue weighted by Gasteiger charge is -2.33. The molecular weight excluding hydrogens is 631 g/mol. The molecule has 0 saturated carbocycles. The van der Waals surface area contributed by atoms with Crippen molar-refractivity contribution in [3.63, 3.8) is 0 Å². The largest absolute Gasteiger partial charge is 0.453 e. The van der Waals surface area contributed by atoms with E-state index in [2.05, 4.69) is 76.9 Å². The van der Waals surface area contributed by atoms with Crippen LogP contribution >= 0.6 is 14.5 Å². The van der Waals surface area contributed by atoms with Gasteiger partial charge in [0.2, 0.25) is 5.06 Å². The molecule has 6 aromatic rings. The number of benzene rings is 4. The van der Waals surface area contributed by atoms with Crippen LogP contribution in [-0.2, 0) is 6.18 Å². The molecule has 0 saturated heterocycles. The lowest BCUT2D eigenvalue weighted by molar-refractivity contribution is -0.144. The Morgan fingerprint density at radius 2 is 1.04 bits per heavy atom. The van der Waals surface area contributed by atoms with E-state index in [0.29, 0.717) is 11.4 Å². The van der Waals surface area contributed by atoms with Gasteiger partial charge in [-0.2, -0.15) is 13.2 Å². The van der Waals surface area contributed by atoms with Crippen LogP contribution in [-0.4, -0.2) is 33.1 Å². The van der Waals surface area contributed by atoms with E-state index >= 15 is 0 Å². The van der Waals surface area contributed by atoms with Crippen molar-refractivity contribution < 1.29 is 13.2 Å². The maximum Gasteiger partial charge on any atom is 0.453 e. The summed E-state index contributed by atoms with van der Waals surface area (Å²) in [5.74, 6) is -1.15. The fourth-order valence-corrected chi connectivity index (χ4v) is 17.0. The zero-order valence-corrected chi connectivity index (χ0v) is 28.4. The van der Waals surface area contributed by atoms with Crippen LogP contribution < -0.4 is 21.2 Å². The van der Waals surface area contributed by atoms with Gasteiger partial charge in [0.05, 0.1) is 13.3 Å². The predicted octanol–water partition coefficient (Wildman–Crippen LogP) is 8.41. The Bertz CT molecular complexity index is 1840. The van der Waals surface area contributed by atoms with Gasteiger partial charge in [0, 0.05) is 6.20 Å². The lowest BCUT2D eigenvalue weighted by Crippen LogP contribution is -2.31. The van der Waals surface area contributed by atoms with Gasteiger partial charge in [-0.25, -0.2) is 9.67 Å². The number of nitrogens with zero attached hydrogens (tertiary/aromatic N) is 4. The van der Waals surface area contributed by atoms with E-state index in [0.717, 1.165) is 31.8 Å². The molecule has 0 bridgehead atoms. The topological polar surface area (TPSA) is 43.6 Å². The molecule has 236 valence electrons. The van der Waals surface area contributed by atoms with Crippen LogP contribution in [0.2, 0.25) is 0 Å². The minimum Gasteiger partial charge on any atom is -0.253 e. The number of alkyl halides is 3. The average molecular weight is 667 g/mol. The maximum atomic E-state index is 14.4. The van der Waals surface area contributed by atoms with Gasteiger partial charge >= 0.3 is 6.18 Å². The molecule has 4 aromatic carbocycles. The van der Waals surface area contributed by atoms with Gasteiger partial charge < -0.3 is 0 Å². The van der Waals surface area contributed by atoms with Crippen molar-refractivity contribution in [2.24, 2.45) is 0 Å². The highest BCUT2D eigenvalue weighted by molar-refractivity contribution is 8.10. The molecule has 2 aromatic heterocycles. The second kappa shape index (κ2) is 13.0. The minimum absolute atomic E-state index is 0.0522. The summed E-state index contributed by atoms with van der Waals surface area (Å²) in [5, 5.41) is 9.75. The van der Waals surface area contributed by atoms with Gasteiger partial charge in [0.25, 0.3) is 5.82 Å². The Labute approximate surface area is 274 Å². The van der Waals surface area contributed by atoms with Crippen molar-refractivity contribution in [1.82, 2.24) is 19.7 Å². The SMILES string of the molecule is CC(=C([P+](C)(c1ccccc1)c1ccccc1)[P+](C)(c1ccccc1)c1ccccc1)n1nc(C(F)(F)F)nc1-c1cc(C)ccn1. The fraction of sp³-hybridized carbons (Fsp3) is 0.132. The molecule has 0 aliphatic rings.